The molecular formula is C14H15NO3. The van der Waals surface area contributed by atoms with Crippen molar-refractivity contribution in [3.8, 4) is 0 Å². The predicted molar refractivity (Wildman–Crippen MR) is 67.2 cm³/mol. The van der Waals surface area contributed by atoms with Crippen molar-refractivity contribution in [1.29, 1.82) is 0 Å². The number of aldehydes is 1. The zero-order chi connectivity index (χ0) is 13.0. The third kappa shape index (κ3) is 2.27. The topological polar surface area (TPSA) is 46.6 Å². The largest absolute Gasteiger partial charge is 0.503 e. The highest BCUT2D eigenvalue weighted by molar-refractivity contribution is 6.02. The average Bonchev–Trinajstić information content (AvgIpc) is 2.86. The lowest BCUT2D eigenvalue weighted by molar-refractivity contribution is 0.0817. The fraction of sp³-hybridized carbons (Fsp3) is 0.286. The van der Waals surface area contributed by atoms with Crippen molar-refractivity contribution >= 4 is 12.2 Å². The van der Waals surface area contributed by atoms with Crippen molar-refractivity contribution in [2.75, 3.05) is 13.7 Å². The SMILES string of the molecule is COC=C1CCCN1C(=O)c1ccccc1C=O. The summed E-state index contributed by atoms with van der Waals surface area (Å²) in [6, 6.07) is 6.83. The van der Waals surface area contributed by atoms with Crippen LogP contribution in [0.3, 0.4) is 0 Å². The zero-order valence-electron chi connectivity index (χ0n) is 10.3. The second-order valence-corrected chi connectivity index (χ2v) is 4.11. The van der Waals surface area contributed by atoms with E-state index in [1.54, 1.807) is 42.5 Å². The van der Waals surface area contributed by atoms with Crippen LogP contribution in [-0.4, -0.2) is 30.7 Å². The van der Waals surface area contributed by atoms with E-state index in [1.807, 2.05) is 0 Å². The van der Waals surface area contributed by atoms with Gasteiger partial charge in [-0.05, 0) is 18.9 Å². The summed E-state index contributed by atoms with van der Waals surface area (Å²) >= 11 is 0. The number of ether oxygens (including phenoxy) is 1. The Labute approximate surface area is 106 Å². The van der Waals surface area contributed by atoms with Gasteiger partial charge in [-0.2, -0.15) is 0 Å². The number of hydrogen-bond donors (Lipinski definition) is 0. The van der Waals surface area contributed by atoms with Gasteiger partial charge in [0.05, 0.1) is 18.4 Å². The molecule has 0 N–H and O–H groups in total. The number of allylic oxidation sites excluding steroid dienone is 1. The monoisotopic (exact) mass is 245 g/mol. The third-order valence-electron chi connectivity index (χ3n) is 2.98. The fourth-order valence-corrected chi connectivity index (χ4v) is 2.13. The lowest BCUT2D eigenvalue weighted by atomic mass is 10.1. The van der Waals surface area contributed by atoms with Crippen molar-refractivity contribution in [3.05, 3.63) is 47.4 Å². The van der Waals surface area contributed by atoms with Gasteiger partial charge in [0.1, 0.15) is 6.26 Å². The van der Waals surface area contributed by atoms with E-state index in [4.69, 9.17) is 4.74 Å². The van der Waals surface area contributed by atoms with Crippen molar-refractivity contribution in [3.63, 3.8) is 0 Å². The highest BCUT2D eigenvalue weighted by Crippen LogP contribution is 2.24. The molecule has 1 amide bonds. The maximum atomic E-state index is 12.4. The molecule has 4 heteroatoms. The van der Waals surface area contributed by atoms with Crippen LogP contribution in [0.2, 0.25) is 0 Å². The molecule has 0 radical (unpaired) electrons. The fourth-order valence-electron chi connectivity index (χ4n) is 2.13. The molecule has 1 heterocycles. The quantitative estimate of drug-likeness (QED) is 0.606. The van der Waals surface area contributed by atoms with Gasteiger partial charge in [-0.3, -0.25) is 9.59 Å². The van der Waals surface area contributed by atoms with Gasteiger partial charge in [0, 0.05) is 12.1 Å². The van der Waals surface area contributed by atoms with Crippen LogP contribution in [0.25, 0.3) is 0 Å². The number of rotatable bonds is 3. The molecule has 2 rings (SSSR count). The zero-order valence-corrected chi connectivity index (χ0v) is 10.3. The number of carbonyl (C=O) groups is 2. The van der Waals surface area contributed by atoms with Crippen LogP contribution in [0.15, 0.2) is 36.2 Å². The summed E-state index contributed by atoms with van der Waals surface area (Å²) in [6.07, 6.45) is 4.05. The highest BCUT2D eigenvalue weighted by Gasteiger charge is 2.26. The number of amides is 1. The van der Waals surface area contributed by atoms with E-state index >= 15 is 0 Å². The summed E-state index contributed by atoms with van der Waals surface area (Å²) in [7, 11) is 1.56. The lowest BCUT2D eigenvalue weighted by Crippen LogP contribution is -2.27. The molecule has 1 fully saturated rings. The van der Waals surface area contributed by atoms with Crippen molar-refractivity contribution in [1.82, 2.24) is 4.90 Å². The van der Waals surface area contributed by atoms with Crippen LogP contribution in [0.4, 0.5) is 0 Å². The number of methoxy groups -OCH3 is 1. The maximum absolute atomic E-state index is 12.4. The minimum atomic E-state index is -0.140. The summed E-state index contributed by atoms with van der Waals surface area (Å²) < 4.78 is 4.97. The number of likely N-dealkylation sites (tertiary alicyclic amines) is 1. The van der Waals surface area contributed by atoms with Gasteiger partial charge in [-0.25, -0.2) is 0 Å². The molecule has 1 saturated heterocycles. The Kier molecular flexibility index (Phi) is 3.77. The summed E-state index contributed by atoms with van der Waals surface area (Å²) in [6.45, 7) is 0.668. The van der Waals surface area contributed by atoms with Crippen molar-refractivity contribution in [2.45, 2.75) is 12.8 Å². The van der Waals surface area contributed by atoms with E-state index in [1.165, 1.54) is 0 Å². The van der Waals surface area contributed by atoms with Gasteiger partial charge < -0.3 is 9.64 Å². The Hall–Kier alpha value is -2.10. The van der Waals surface area contributed by atoms with E-state index in [0.717, 1.165) is 18.5 Å². The van der Waals surface area contributed by atoms with Crippen molar-refractivity contribution in [2.24, 2.45) is 0 Å². The van der Waals surface area contributed by atoms with Crippen LogP contribution in [-0.2, 0) is 4.74 Å². The van der Waals surface area contributed by atoms with Gasteiger partial charge in [-0.15, -0.1) is 0 Å². The first kappa shape index (κ1) is 12.4. The molecule has 1 aromatic carbocycles. The maximum Gasteiger partial charge on any atom is 0.258 e. The number of nitrogens with zero attached hydrogens (tertiary/aromatic N) is 1. The van der Waals surface area contributed by atoms with E-state index in [-0.39, 0.29) is 5.91 Å². The number of hydrogen-bond acceptors (Lipinski definition) is 3. The van der Waals surface area contributed by atoms with E-state index < -0.39 is 0 Å². The Balaban J connectivity index is 2.31. The average molecular weight is 245 g/mol. The smallest absolute Gasteiger partial charge is 0.258 e. The molecule has 1 aliphatic heterocycles. The Bertz CT molecular complexity index is 494. The molecule has 0 unspecified atom stereocenters. The van der Waals surface area contributed by atoms with Crippen LogP contribution in [0.1, 0.15) is 33.6 Å². The molecule has 18 heavy (non-hydrogen) atoms. The van der Waals surface area contributed by atoms with Gasteiger partial charge >= 0.3 is 0 Å². The molecule has 0 bridgehead atoms. The molecule has 0 aromatic heterocycles. The minimum absolute atomic E-state index is 0.140. The molecule has 4 nitrogen and oxygen atoms in total. The molecule has 1 aromatic rings. The molecule has 94 valence electrons. The third-order valence-corrected chi connectivity index (χ3v) is 2.98. The summed E-state index contributed by atoms with van der Waals surface area (Å²) in [4.78, 5) is 25.0. The first-order valence-electron chi connectivity index (χ1n) is 5.86. The van der Waals surface area contributed by atoms with Gasteiger partial charge in [0.2, 0.25) is 0 Å². The molecule has 1 aliphatic rings. The predicted octanol–water partition coefficient (Wildman–Crippen LogP) is 2.22. The number of carbonyl (C=O) groups excluding carboxylic acids is 2. The normalized spacial score (nSPS) is 16.9. The summed E-state index contributed by atoms with van der Waals surface area (Å²) in [5.41, 5.74) is 1.73. The molecule has 0 atom stereocenters. The molecular weight excluding hydrogens is 230 g/mol. The van der Waals surface area contributed by atoms with Gasteiger partial charge in [0.15, 0.2) is 6.29 Å². The van der Waals surface area contributed by atoms with E-state index in [9.17, 15) is 9.59 Å². The van der Waals surface area contributed by atoms with Crippen LogP contribution in [0, 0.1) is 0 Å². The highest BCUT2D eigenvalue weighted by atomic mass is 16.5. The second-order valence-electron chi connectivity index (χ2n) is 4.11. The van der Waals surface area contributed by atoms with Crippen molar-refractivity contribution < 1.29 is 14.3 Å². The van der Waals surface area contributed by atoms with Gasteiger partial charge in [-0.1, -0.05) is 18.2 Å². The Morgan fingerprint density at radius 3 is 2.89 bits per heavy atom. The Morgan fingerprint density at radius 1 is 1.39 bits per heavy atom. The summed E-state index contributed by atoms with van der Waals surface area (Å²) in [5, 5.41) is 0. The molecule has 0 saturated carbocycles. The van der Waals surface area contributed by atoms with Crippen LogP contribution in [0.5, 0.6) is 0 Å². The minimum Gasteiger partial charge on any atom is -0.503 e. The molecule has 0 spiro atoms. The second kappa shape index (κ2) is 5.49. The molecule has 0 aliphatic carbocycles. The first-order chi connectivity index (χ1) is 8.77. The van der Waals surface area contributed by atoms with Crippen LogP contribution >= 0.6 is 0 Å². The van der Waals surface area contributed by atoms with Gasteiger partial charge in [0.25, 0.3) is 5.91 Å². The Morgan fingerprint density at radius 2 is 2.17 bits per heavy atom. The standard InChI is InChI=1S/C14H15NO3/c1-18-10-12-6-4-8-15(12)14(17)13-7-3-2-5-11(13)9-16/h2-3,5,7,9-10H,4,6,8H2,1H3. The van der Waals surface area contributed by atoms with E-state index in [2.05, 4.69) is 0 Å². The first-order valence-corrected chi connectivity index (χ1v) is 5.86. The summed E-state index contributed by atoms with van der Waals surface area (Å²) in [5.74, 6) is -0.140. The van der Waals surface area contributed by atoms with E-state index in [0.29, 0.717) is 24.0 Å². The number of benzene rings is 1. The van der Waals surface area contributed by atoms with Crippen LogP contribution < -0.4 is 0 Å². The lowest BCUT2D eigenvalue weighted by Gasteiger charge is -2.18.